The van der Waals surface area contributed by atoms with Gasteiger partial charge in [-0.15, -0.1) is 0 Å². The number of Topliss-reactive ketones (excluding diaryl/α,β-unsaturated/α-hetero) is 1. The summed E-state index contributed by atoms with van der Waals surface area (Å²) in [6, 6.07) is 6.82. The first-order valence-corrected chi connectivity index (χ1v) is 8.64. The Morgan fingerprint density at radius 2 is 1.69 bits per heavy atom. The number of hydrogen-bond acceptors (Lipinski definition) is 5. The van der Waals surface area contributed by atoms with Crippen molar-refractivity contribution in [3.8, 4) is 0 Å². The van der Waals surface area contributed by atoms with Crippen molar-refractivity contribution in [3.63, 3.8) is 0 Å². The van der Waals surface area contributed by atoms with E-state index in [1.807, 2.05) is 20.8 Å². The third-order valence-corrected chi connectivity index (χ3v) is 4.22. The van der Waals surface area contributed by atoms with Gasteiger partial charge in [0.15, 0.2) is 5.78 Å². The standard InChI is InChI=1S/C20H29N3O3/c1-12(19(26)23-15-8-6-14(11-24)7-9-15)10-16(22)18(25)17(13(2)21)20(3,4)5/h6-9,12,17,21-22,24H,10-11H2,1-5H3,(H,23,26). The number of rotatable bonds is 8. The molecule has 1 aromatic carbocycles. The highest BCUT2D eigenvalue weighted by Gasteiger charge is 2.35. The van der Waals surface area contributed by atoms with Crippen LogP contribution in [0, 0.1) is 28.1 Å². The molecule has 0 bridgehead atoms. The van der Waals surface area contributed by atoms with Crippen molar-refractivity contribution in [2.24, 2.45) is 17.3 Å². The van der Waals surface area contributed by atoms with Gasteiger partial charge in [-0.2, -0.15) is 0 Å². The van der Waals surface area contributed by atoms with Crippen LogP contribution in [0.5, 0.6) is 0 Å². The van der Waals surface area contributed by atoms with Crippen molar-refractivity contribution in [3.05, 3.63) is 29.8 Å². The highest BCUT2D eigenvalue weighted by Crippen LogP contribution is 2.28. The highest BCUT2D eigenvalue weighted by molar-refractivity contribution is 6.43. The van der Waals surface area contributed by atoms with Crippen molar-refractivity contribution in [1.29, 1.82) is 10.8 Å². The smallest absolute Gasteiger partial charge is 0.227 e. The summed E-state index contributed by atoms with van der Waals surface area (Å²) >= 11 is 0. The van der Waals surface area contributed by atoms with E-state index in [0.29, 0.717) is 5.69 Å². The number of amides is 1. The maximum absolute atomic E-state index is 12.6. The number of aliphatic hydroxyl groups is 1. The van der Waals surface area contributed by atoms with E-state index >= 15 is 0 Å². The Morgan fingerprint density at radius 3 is 2.12 bits per heavy atom. The second-order valence-electron chi connectivity index (χ2n) is 7.77. The van der Waals surface area contributed by atoms with Crippen molar-refractivity contribution in [2.45, 2.75) is 47.6 Å². The Labute approximate surface area is 155 Å². The summed E-state index contributed by atoms with van der Waals surface area (Å²) in [6.45, 7) is 8.79. The molecule has 0 saturated carbocycles. The predicted molar refractivity (Wildman–Crippen MR) is 104 cm³/mol. The molecule has 0 aliphatic carbocycles. The van der Waals surface area contributed by atoms with Gasteiger partial charge in [-0.25, -0.2) is 0 Å². The van der Waals surface area contributed by atoms with Crippen LogP contribution in [-0.4, -0.2) is 28.2 Å². The zero-order valence-corrected chi connectivity index (χ0v) is 16.1. The summed E-state index contributed by atoms with van der Waals surface area (Å²) in [7, 11) is 0. The molecule has 142 valence electrons. The van der Waals surface area contributed by atoms with E-state index in [1.54, 1.807) is 38.1 Å². The summed E-state index contributed by atoms with van der Waals surface area (Å²) in [5, 5.41) is 27.7. The van der Waals surface area contributed by atoms with Gasteiger partial charge in [-0.1, -0.05) is 39.8 Å². The van der Waals surface area contributed by atoms with Crippen LogP contribution in [-0.2, 0) is 16.2 Å². The minimum Gasteiger partial charge on any atom is -0.392 e. The first-order valence-electron chi connectivity index (χ1n) is 8.64. The van der Waals surface area contributed by atoms with Crippen LogP contribution in [0.25, 0.3) is 0 Å². The summed E-state index contributed by atoms with van der Waals surface area (Å²) < 4.78 is 0. The average Bonchev–Trinajstić information content (AvgIpc) is 2.53. The summed E-state index contributed by atoms with van der Waals surface area (Å²) in [5.41, 5.74) is 0.997. The molecule has 1 amide bonds. The lowest BCUT2D eigenvalue weighted by Gasteiger charge is -2.29. The molecule has 6 heteroatoms. The molecule has 0 heterocycles. The van der Waals surface area contributed by atoms with E-state index in [-0.39, 0.29) is 30.4 Å². The SMILES string of the molecule is CC(=N)C(C(=O)C(=N)CC(C)C(=O)Nc1ccc(CO)cc1)C(C)(C)C. The van der Waals surface area contributed by atoms with Gasteiger partial charge in [-0.05, 0) is 30.0 Å². The van der Waals surface area contributed by atoms with Gasteiger partial charge in [-0.3, -0.25) is 9.59 Å². The van der Waals surface area contributed by atoms with Crippen molar-refractivity contribution in [1.82, 2.24) is 0 Å². The zero-order chi connectivity index (χ0) is 20.1. The Bertz CT molecular complexity index is 687. The van der Waals surface area contributed by atoms with Crippen LogP contribution >= 0.6 is 0 Å². The molecule has 0 radical (unpaired) electrons. The number of anilines is 1. The third kappa shape index (κ3) is 5.88. The average molecular weight is 359 g/mol. The van der Waals surface area contributed by atoms with Crippen LogP contribution in [0.1, 0.15) is 46.6 Å². The van der Waals surface area contributed by atoms with Crippen LogP contribution < -0.4 is 5.32 Å². The lowest BCUT2D eigenvalue weighted by molar-refractivity contribution is -0.119. The molecule has 6 nitrogen and oxygen atoms in total. The van der Waals surface area contributed by atoms with Gasteiger partial charge < -0.3 is 21.2 Å². The van der Waals surface area contributed by atoms with E-state index < -0.39 is 23.0 Å². The molecule has 2 atom stereocenters. The maximum atomic E-state index is 12.6. The number of benzene rings is 1. The van der Waals surface area contributed by atoms with Crippen LogP contribution in [0.15, 0.2) is 24.3 Å². The predicted octanol–water partition coefficient (Wildman–Crippen LogP) is 3.43. The summed E-state index contributed by atoms with van der Waals surface area (Å²) in [5.74, 6) is -1.87. The normalized spacial score (nSPS) is 13.6. The van der Waals surface area contributed by atoms with Crippen molar-refractivity contribution in [2.75, 3.05) is 5.32 Å². The Kier molecular flexibility index (Phi) is 7.39. The fourth-order valence-corrected chi connectivity index (χ4v) is 2.87. The fraction of sp³-hybridized carbons (Fsp3) is 0.500. The minimum absolute atomic E-state index is 0.0270. The number of nitrogens with one attached hydrogen (secondary N) is 3. The highest BCUT2D eigenvalue weighted by atomic mass is 16.3. The first kappa shape index (κ1) is 21.7. The van der Waals surface area contributed by atoms with E-state index in [9.17, 15) is 9.59 Å². The first-order chi connectivity index (χ1) is 12.0. The van der Waals surface area contributed by atoms with Crippen LogP contribution in [0.3, 0.4) is 0 Å². The molecule has 0 aromatic heterocycles. The zero-order valence-electron chi connectivity index (χ0n) is 16.1. The maximum Gasteiger partial charge on any atom is 0.227 e. The van der Waals surface area contributed by atoms with E-state index in [1.165, 1.54) is 0 Å². The molecule has 0 aliphatic rings. The molecular weight excluding hydrogens is 330 g/mol. The quantitative estimate of drug-likeness (QED) is 0.533. The number of aliphatic hydroxyl groups excluding tert-OH is 1. The number of carbonyl (C=O) groups is 2. The largest absolute Gasteiger partial charge is 0.392 e. The van der Waals surface area contributed by atoms with Gasteiger partial charge in [0.05, 0.1) is 18.2 Å². The minimum atomic E-state index is -0.656. The molecule has 1 rings (SSSR count). The monoisotopic (exact) mass is 359 g/mol. The van der Waals surface area contributed by atoms with E-state index in [4.69, 9.17) is 15.9 Å². The second-order valence-corrected chi connectivity index (χ2v) is 7.77. The van der Waals surface area contributed by atoms with Gasteiger partial charge in [0, 0.05) is 23.7 Å². The fourth-order valence-electron chi connectivity index (χ4n) is 2.87. The van der Waals surface area contributed by atoms with Crippen molar-refractivity contribution < 1.29 is 14.7 Å². The Balaban J connectivity index is 2.73. The number of carbonyl (C=O) groups excluding carboxylic acids is 2. The lowest BCUT2D eigenvalue weighted by atomic mass is 9.74. The molecule has 4 N–H and O–H groups in total. The molecule has 0 spiro atoms. The van der Waals surface area contributed by atoms with E-state index in [2.05, 4.69) is 5.32 Å². The number of ketones is 1. The molecule has 0 fully saturated rings. The van der Waals surface area contributed by atoms with Gasteiger partial charge in [0.1, 0.15) is 0 Å². The second kappa shape index (κ2) is 8.85. The molecule has 2 unspecified atom stereocenters. The molecule has 1 aromatic rings. The van der Waals surface area contributed by atoms with Gasteiger partial charge >= 0.3 is 0 Å². The summed E-state index contributed by atoms with van der Waals surface area (Å²) in [6.07, 6.45) is 0.0270. The summed E-state index contributed by atoms with van der Waals surface area (Å²) in [4.78, 5) is 24.9. The van der Waals surface area contributed by atoms with Gasteiger partial charge in [0.2, 0.25) is 5.91 Å². The Hall–Kier alpha value is -2.34. The molecule has 0 saturated heterocycles. The lowest BCUT2D eigenvalue weighted by Crippen LogP contribution is -2.39. The molecule has 26 heavy (non-hydrogen) atoms. The van der Waals surface area contributed by atoms with Crippen molar-refractivity contribution >= 4 is 28.8 Å². The van der Waals surface area contributed by atoms with Crippen LogP contribution in [0.4, 0.5) is 5.69 Å². The topological polar surface area (TPSA) is 114 Å². The van der Waals surface area contributed by atoms with Crippen LogP contribution in [0.2, 0.25) is 0 Å². The number of hydrogen-bond donors (Lipinski definition) is 4. The molecule has 0 aliphatic heterocycles. The van der Waals surface area contributed by atoms with E-state index in [0.717, 1.165) is 5.56 Å². The van der Waals surface area contributed by atoms with Gasteiger partial charge in [0.25, 0.3) is 0 Å². The third-order valence-electron chi connectivity index (χ3n) is 4.22. The molecular formula is C20H29N3O3. The Morgan fingerprint density at radius 1 is 1.15 bits per heavy atom.